The Morgan fingerprint density at radius 3 is 2.07 bits per heavy atom. The number of unbranched alkanes of at least 4 members (excludes halogenated alkanes) is 3. The molecule has 0 aliphatic carbocycles. The maximum atomic E-state index is 13.7. The summed E-state index contributed by atoms with van der Waals surface area (Å²) in [6.07, 6.45) is -1.93. The highest BCUT2D eigenvalue weighted by molar-refractivity contribution is 6.31. The van der Waals surface area contributed by atoms with Gasteiger partial charge in [0.25, 0.3) is 11.7 Å². The van der Waals surface area contributed by atoms with E-state index in [-0.39, 0.29) is 17.2 Å². The van der Waals surface area contributed by atoms with E-state index in [1.807, 2.05) is 6.20 Å². The highest BCUT2D eigenvalue weighted by Crippen LogP contribution is 2.37. The first-order valence-electron chi connectivity index (χ1n) is 24.1. The van der Waals surface area contributed by atoms with Crippen molar-refractivity contribution >= 4 is 53.4 Å². The van der Waals surface area contributed by atoms with Gasteiger partial charge in [-0.15, -0.1) is 5.10 Å². The second-order valence-corrected chi connectivity index (χ2v) is 18.1. The second kappa shape index (κ2) is 32.6. The zero-order chi connectivity index (χ0) is 53.8. The van der Waals surface area contributed by atoms with Crippen LogP contribution in [0, 0.1) is 0 Å². The highest BCUT2D eigenvalue weighted by atomic mass is 35.5. The Kier molecular flexibility index (Phi) is 27.6. The van der Waals surface area contributed by atoms with Gasteiger partial charge in [-0.05, 0) is 58.2 Å². The van der Waals surface area contributed by atoms with Crippen LogP contribution < -0.4 is 16.0 Å². The van der Waals surface area contributed by atoms with E-state index in [1.165, 1.54) is 19.1 Å². The Morgan fingerprint density at radius 1 is 0.822 bits per heavy atom. The van der Waals surface area contributed by atoms with E-state index in [9.17, 15) is 33.6 Å². The molecule has 0 saturated carbocycles. The summed E-state index contributed by atoms with van der Waals surface area (Å²) in [6.45, 7) is 13.3. The lowest BCUT2D eigenvalue weighted by Crippen LogP contribution is -2.69. The van der Waals surface area contributed by atoms with Gasteiger partial charge in [0.2, 0.25) is 5.91 Å². The van der Waals surface area contributed by atoms with Crippen molar-refractivity contribution < 1.29 is 85.7 Å². The van der Waals surface area contributed by atoms with Gasteiger partial charge in [0.15, 0.2) is 12.2 Å². The van der Waals surface area contributed by atoms with Crippen LogP contribution in [0.2, 0.25) is 5.02 Å². The molecule has 3 N–H and O–H groups in total. The molecule has 3 amide bonds. The van der Waals surface area contributed by atoms with Crippen molar-refractivity contribution in [3.63, 3.8) is 0 Å². The molecule has 410 valence electrons. The number of halogens is 1. The monoisotopic (exact) mass is 1060 g/mol. The smallest absolute Gasteiger partial charge is 0.407 e. The van der Waals surface area contributed by atoms with E-state index >= 15 is 0 Å². The van der Waals surface area contributed by atoms with Crippen molar-refractivity contribution in [1.82, 2.24) is 30.9 Å². The van der Waals surface area contributed by atoms with Gasteiger partial charge in [-0.2, -0.15) is 0 Å². The van der Waals surface area contributed by atoms with Gasteiger partial charge in [-0.1, -0.05) is 35.7 Å². The number of rotatable bonds is 33. The molecule has 0 bridgehead atoms. The van der Waals surface area contributed by atoms with Crippen LogP contribution in [-0.2, 0) is 89.0 Å². The zero-order valence-corrected chi connectivity index (χ0v) is 43.8. The first-order chi connectivity index (χ1) is 34.7. The molecule has 0 radical (unpaired) electrons. The summed E-state index contributed by atoms with van der Waals surface area (Å²) < 4.78 is 63.7. The molecule has 73 heavy (non-hydrogen) atoms. The summed E-state index contributed by atoms with van der Waals surface area (Å²) in [5.74, 6) is -7.05. The Bertz CT molecular complexity index is 2050. The molecule has 1 aromatic heterocycles. The summed E-state index contributed by atoms with van der Waals surface area (Å²) in [6, 6.07) is 4.74. The van der Waals surface area contributed by atoms with Crippen molar-refractivity contribution in [2.24, 2.45) is 0 Å². The lowest BCUT2D eigenvalue weighted by atomic mass is 9.87. The largest absolute Gasteiger partial charge is 0.465 e. The van der Waals surface area contributed by atoms with Gasteiger partial charge in [-0.3, -0.25) is 24.0 Å². The number of aryl methyl sites for hydroxylation is 1. The number of ether oxygens (including phenoxy) is 11. The summed E-state index contributed by atoms with van der Waals surface area (Å²) in [5, 5.41) is 16.6. The van der Waals surface area contributed by atoms with Gasteiger partial charge < -0.3 is 68.1 Å². The molecule has 2 heterocycles. The van der Waals surface area contributed by atoms with Gasteiger partial charge in [0.1, 0.15) is 17.8 Å². The van der Waals surface area contributed by atoms with Crippen LogP contribution in [0.5, 0.6) is 0 Å². The minimum Gasteiger partial charge on any atom is -0.465 e. The number of methoxy groups -OCH3 is 1. The fraction of sp³-hybridized carbons (Fsp3) is 0.688. The standard InChI is InChI=1S/C48H73ClN6O18/c1-32(56)52-41-39(69-33(2)57)29-48(45(61)63-8,72-43(41)42(71-35(4)59)40(70-34(3)58)30-51-44(60)36-14-13-15-37(49)28-36)68-19-12-10-9-11-16-38-31-55(54-53-38)18-21-65-23-25-67-27-26-66-24-22-64-20-17-50-46(62)73-47(5,6)7/h13-15,28,31,39-43H,9-12,16-27,29-30H2,1-8H3,(H,50,62)(H,51,60)(H,52,56)/t39-,40+,41+,42+,43+,48+/m0/s1. The van der Waals surface area contributed by atoms with Crippen LogP contribution in [-0.4, -0.2) is 178 Å². The van der Waals surface area contributed by atoms with E-state index in [2.05, 4.69) is 26.3 Å². The van der Waals surface area contributed by atoms with E-state index in [1.54, 1.807) is 37.6 Å². The van der Waals surface area contributed by atoms with Crippen molar-refractivity contribution in [2.75, 3.05) is 79.7 Å². The second-order valence-electron chi connectivity index (χ2n) is 17.7. The number of hydrogen-bond donors (Lipinski definition) is 3. The normalized spacial score (nSPS) is 18.4. The number of carbonyl (C=O) groups excluding carboxylic acids is 7. The maximum absolute atomic E-state index is 13.7. The molecular formula is C48H73ClN6O18. The molecule has 24 nitrogen and oxygen atoms in total. The van der Waals surface area contributed by atoms with Crippen molar-refractivity contribution in [2.45, 2.75) is 135 Å². The minimum atomic E-state index is -2.29. The average molecular weight is 1060 g/mol. The van der Waals surface area contributed by atoms with E-state index in [0.717, 1.165) is 46.4 Å². The van der Waals surface area contributed by atoms with Crippen LogP contribution in [0.1, 0.15) is 96.6 Å². The average Bonchev–Trinajstić information content (AvgIpc) is 3.77. The van der Waals surface area contributed by atoms with Gasteiger partial charge >= 0.3 is 30.0 Å². The Morgan fingerprint density at radius 2 is 1.47 bits per heavy atom. The summed E-state index contributed by atoms with van der Waals surface area (Å²) in [5.41, 5.74) is 0.421. The van der Waals surface area contributed by atoms with Crippen LogP contribution in [0.15, 0.2) is 30.5 Å². The molecule has 25 heteroatoms. The lowest BCUT2D eigenvalue weighted by Gasteiger charge is -2.48. The minimum absolute atomic E-state index is 0.0512. The summed E-state index contributed by atoms with van der Waals surface area (Å²) >= 11 is 6.08. The third kappa shape index (κ3) is 24.4. The van der Waals surface area contributed by atoms with Gasteiger partial charge in [-0.25, -0.2) is 14.3 Å². The number of alkyl carbamates (subject to hydrolysis) is 1. The Labute approximate surface area is 430 Å². The highest BCUT2D eigenvalue weighted by Gasteiger charge is 2.59. The van der Waals surface area contributed by atoms with Crippen LogP contribution >= 0.6 is 11.6 Å². The SMILES string of the molecule is COC(=O)[C@@]1(OCCCCCCc2cn(CCOCCOCCOCCOCCNC(=O)OC(C)(C)C)nn2)C[C@H](OC(C)=O)[C@@H](NC(C)=O)[C@H]([C@H](OC(C)=O)[C@@H](CNC(=O)c2cccc(Cl)c2)OC(C)=O)O1. The molecular weight excluding hydrogens is 984 g/mol. The molecule has 6 atom stereocenters. The fourth-order valence-corrected chi connectivity index (χ4v) is 7.51. The molecule has 1 aliphatic heterocycles. The Balaban J connectivity index is 1.49. The van der Waals surface area contributed by atoms with Crippen molar-refractivity contribution in [3.8, 4) is 0 Å². The molecule has 1 saturated heterocycles. The van der Waals surface area contributed by atoms with E-state index in [0.29, 0.717) is 85.2 Å². The fourth-order valence-electron chi connectivity index (χ4n) is 7.32. The molecule has 2 aromatic rings. The summed E-state index contributed by atoms with van der Waals surface area (Å²) in [4.78, 5) is 88.9. The van der Waals surface area contributed by atoms with Crippen LogP contribution in [0.25, 0.3) is 0 Å². The molecule has 0 unspecified atom stereocenters. The molecule has 1 aliphatic rings. The molecule has 1 aromatic carbocycles. The number of benzene rings is 1. The van der Waals surface area contributed by atoms with Crippen molar-refractivity contribution in [1.29, 1.82) is 0 Å². The third-order valence-corrected chi connectivity index (χ3v) is 10.6. The van der Waals surface area contributed by atoms with Gasteiger partial charge in [0, 0.05) is 51.0 Å². The molecule has 3 rings (SSSR count). The van der Waals surface area contributed by atoms with Gasteiger partial charge in [0.05, 0.1) is 97.8 Å². The first kappa shape index (κ1) is 61.8. The number of aromatic nitrogens is 3. The van der Waals surface area contributed by atoms with Crippen LogP contribution in [0.4, 0.5) is 4.79 Å². The zero-order valence-electron chi connectivity index (χ0n) is 43.1. The number of amides is 3. The van der Waals surface area contributed by atoms with E-state index in [4.69, 9.17) is 63.7 Å². The number of nitrogens with zero attached hydrogens (tertiary/aromatic N) is 3. The number of carbonyl (C=O) groups is 7. The Hall–Kier alpha value is -5.50. The molecule has 1 fully saturated rings. The van der Waals surface area contributed by atoms with E-state index < -0.39 is 96.6 Å². The quantitative estimate of drug-likeness (QED) is 0.0526. The predicted molar refractivity (Wildman–Crippen MR) is 258 cm³/mol. The lowest BCUT2D eigenvalue weighted by molar-refractivity contribution is -0.313. The summed E-state index contributed by atoms with van der Waals surface area (Å²) in [7, 11) is 1.10. The first-order valence-corrected chi connectivity index (χ1v) is 24.5. The third-order valence-electron chi connectivity index (χ3n) is 10.3. The number of esters is 4. The predicted octanol–water partition coefficient (Wildman–Crippen LogP) is 3.03. The topological polar surface area (TPSA) is 288 Å². The number of nitrogens with one attached hydrogen (secondary N) is 3. The van der Waals surface area contributed by atoms with Crippen LogP contribution in [0.3, 0.4) is 0 Å². The number of hydrogen-bond acceptors (Lipinski definition) is 20. The maximum Gasteiger partial charge on any atom is 0.407 e. The van der Waals surface area contributed by atoms with Crippen molar-refractivity contribution in [3.05, 3.63) is 46.7 Å². The molecule has 0 spiro atoms.